The summed E-state index contributed by atoms with van der Waals surface area (Å²) < 4.78 is 27.5. The quantitative estimate of drug-likeness (QED) is 0.851. The molecule has 2 N–H and O–H groups in total. The molecule has 2 aromatic carbocycles. The number of rotatable bonds is 4. The van der Waals surface area contributed by atoms with Gasteiger partial charge in [-0.2, -0.15) is 0 Å². The molecular weight excluding hydrogens is 352 g/mol. The third-order valence-electron chi connectivity index (χ3n) is 5.49. The normalized spacial score (nSPS) is 26.4. The van der Waals surface area contributed by atoms with Gasteiger partial charge in [0.05, 0.1) is 18.8 Å². The fourth-order valence-electron chi connectivity index (χ4n) is 4.02. The van der Waals surface area contributed by atoms with Crippen molar-refractivity contribution in [2.24, 2.45) is 11.8 Å². The highest BCUT2D eigenvalue weighted by atomic mass is 16.7. The first kappa shape index (κ1) is 16.7. The van der Waals surface area contributed by atoms with E-state index in [9.17, 15) is 10.2 Å². The Morgan fingerprint density at radius 3 is 2.30 bits per heavy atom. The molecule has 0 amide bonds. The van der Waals surface area contributed by atoms with Crippen molar-refractivity contribution in [3.8, 4) is 23.0 Å². The predicted molar refractivity (Wildman–Crippen MR) is 92.8 cm³/mol. The van der Waals surface area contributed by atoms with Crippen LogP contribution in [-0.2, 0) is 4.74 Å². The van der Waals surface area contributed by atoms with E-state index in [4.69, 9.17) is 23.7 Å². The SMILES string of the molecule is OC[C@@H]1[C@H]([C@@H](O)c2ccc3c(c2)OCO3)CO[C@@H]1c1ccc2c(c1)OCO2. The molecule has 3 aliphatic heterocycles. The van der Waals surface area contributed by atoms with Crippen molar-refractivity contribution < 1.29 is 33.9 Å². The fourth-order valence-corrected chi connectivity index (χ4v) is 4.02. The summed E-state index contributed by atoms with van der Waals surface area (Å²) >= 11 is 0. The van der Waals surface area contributed by atoms with Gasteiger partial charge >= 0.3 is 0 Å². The fraction of sp³-hybridized carbons (Fsp3) is 0.400. The molecule has 0 aromatic heterocycles. The molecule has 7 heteroatoms. The number of hydrogen-bond donors (Lipinski definition) is 2. The van der Waals surface area contributed by atoms with E-state index < -0.39 is 6.10 Å². The second-order valence-corrected chi connectivity index (χ2v) is 6.93. The molecule has 1 fully saturated rings. The molecule has 3 aliphatic rings. The van der Waals surface area contributed by atoms with E-state index in [2.05, 4.69) is 0 Å². The average molecular weight is 372 g/mol. The van der Waals surface area contributed by atoms with E-state index in [1.54, 1.807) is 12.1 Å². The maximum Gasteiger partial charge on any atom is 0.231 e. The van der Waals surface area contributed by atoms with Crippen LogP contribution in [0.5, 0.6) is 23.0 Å². The standard InChI is InChI=1S/C20H20O7/c21-7-13-14(19(22)11-1-3-15-17(5-11)26-9-24-15)8-23-20(13)12-2-4-16-18(6-12)27-10-25-16/h1-6,13-14,19-22H,7-10H2/t13-,14-,19+,20-/m1/s1. The van der Waals surface area contributed by atoms with Crippen molar-refractivity contribution in [1.29, 1.82) is 0 Å². The highest BCUT2D eigenvalue weighted by Gasteiger charge is 2.42. The van der Waals surface area contributed by atoms with E-state index in [0.29, 0.717) is 29.6 Å². The number of hydrogen-bond acceptors (Lipinski definition) is 7. The lowest BCUT2D eigenvalue weighted by Crippen LogP contribution is -2.25. The Hall–Kier alpha value is -2.48. The van der Waals surface area contributed by atoms with Crippen LogP contribution in [-0.4, -0.2) is 37.0 Å². The van der Waals surface area contributed by atoms with E-state index in [1.807, 2.05) is 24.3 Å². The Morgan fingerprint density at radius 1 is 0.889 bits per heavy atom. The zero-order valence-electron chi connectivity index (χ0n) is 14.5. The van der Waals surface area contributed by atoms with Gasteiger partial charge in [0.1, 0.15) is 0 Å². The van der Waals surface area contributed by atoms with Gasteiger partial charge in [-0.25, -0.2) is 0 Å². The minimum Gasteiger partial charge on any atom is -0.454 e. The molecule has 0 bridgehead atoms. The van der Waals surface area contributed by atoms with Crippen LogP contribution >= 0.6 is 0 Å². The molecule has 0 spiro atoms. The van der Waals surface area contributed by atoms with Crippen LogP contribution in [0.1, 0.15) is 23.3 Å². The monoisotopic (exact) mass is 372 g/mol. The molecule has 142 valence electrons. The maximum absolute atomic E-state index is 10.9. The van der Waals surface area contributed by atoms with Crippen molar-refractivity contribution in [3.63, 3.8) is 0 Å². The summed E-state index contributed by atoms with van der Waals surface area (Å²) in [4.78, 5) is 0. The number of fused-ring (bicyclic) bond motifs is 2. The lowest BCUT2D eigenvalue weighted by Gasteiger charge is -2.25. The molecule has 3 heterocycles. The van der Waals surface area contributed by atoms with Gasteiger partial charge in [0.25, 0.3) is 0 Å². The largest absolute Gasteiger partial charge is 0.454 e. The summed E-state index contributed by atoms with van der Waals surface area (Å²) in [7, 11) is 0. The molecule has 0 unspecified atom stereocenters. The smallest absolute Gasteiger partial charge is 0.231 e. The van der Waals surface area contributed by atoms with Gasteiger partial charge in [0, 0.05) is 18.4 Å². The van der Waals surface area contributed by atoms with Crippen molar-refractivity contribution in [3.05, 3.63) is 47.5 Å². The average Bonchev–Trinajstić information content (AvgIpc) is 3.44. The van der Waals surface area contributed by atoms with Crippen LogP contribution in [0.2, 0.25) is 0 Å². The topological polar surface area (TPSA) is 86.6 Å². The Morgan fingerprint density at radius 2 is 1.56 bits per heavy atom. The van der Waals surface area contributed by atoms with Crippen molar-refractivity contribution in [2.75, 3.05) is 26.8 Å². The lowest BCUT2D eigenvalue weighted by atomic mass is 9.82. The van der Waals surface area contributed by atoms with Crippen LogP contribution in [0.4, 0.5) is 0 Å². The van der Waals surface area contributed by atoms with E-state index in [1.165, 1.54) is 0 Å². The molecular formula is C20H20O7. The summed E-state index contributed by atoms with van der Waals surface area (Å²) in [6.07, 6.45) is -1.10. The lowest BCUT2D eigenvalue weighted by molar-refractivity contribution is 0.0633. The van der Waals surface area contributed by atoms with E-state index >= 15 is 0 Å². The summed E-state index contributed by atoms with van der Waals surface area (Å²) in [5.74, 6) is 2.18. The van der Waals surface area contributed by atoms with Gasteiger partial charge < -0.3 is 33.9 Å². The highest BCUT2D eigenvalue weighted by molar-refractivity contribution is 5.46. The van der Waals surface area contributed by atoms with Crippen LogP contribution in [0, 0.1) is 11.8 Å². The van der Waals surface area contributed by atoms with Crippen LogP contribution in [0.3, 0.4) is 0 Å². The van der Waals surface area contributed by atoms with E-state index in [-0.39, 0.29) is 38.1 Å². The van der Waals surface area contributed by atoms with Crippen LogP contribution in [0.25, 0.3) is 0 Å². The molecule has 0 radical (unpaired) electrons. The Balaban J connectivity index is 1.39. The number of benzene rings is 2. The molecule has 27 heavy (non-hydrogen) atoms. The van der Waals surface area contributed by atoms with Gasteiger partial charge in [-0.3, -0.25) is 0 Å². The Kier molecular flexibility index (Phi) is 4.07. The third-order valence-corrected chi connectivity index (χ3v) is 5.49. The second kappa shape index (κ2) is 6.60. The summed E-state index contributed by atoms with van der Waals surface area (Å²) in [5, 5.41) is 21.0. The van der Waals surface area contributed by atoms with Crippen molar-refractivity contribution in [2.45, 2.75) is 12.2 Å². The van der Waals surface area contributed by atoms with Crippen molar-refractivity contribution >= 4 is 0 Å². The first-order chi connectivity index (χ1) is 13.2. The highest BCUT2D eigenvalue weighted by Crippen LogP contribution is 2.46. The predicted octanol–water partition coefficient (Wildman–Crippen LogP) is 2.17. The first-order valence-corrected chi connectivity index (χ1v) is 8.94. The van der Waals surface area contributed by atoms with Crippen LogP contribution in [0.15, 0.2) is 36.4 Å². The molecule has 1 saturated heterocycles. The minimum atomic E-state index is -0.782. The Labute approximate surface area is 156 Å². The number of ether oxygens (including phenoxy) is 5. The molecule has 0 aliphatic carbocycles. The summed E-state index contributed by atoms with van der Waals surface area (Å²) in [5.41, 5.74) is 1.62. The minimum absolute atomic E-state index is 0.0919. The van der Waals surface area contributed by atoms with Crippen molar-refractivity contribution in [1.82, 2.24) is 0 Å². The van der Waals surface area contributed by atoms with E-state index in [0.717, 1.165) is 11.1 Å². The molecule has 2 aromatic rings. The molecule has 5 rings (SSSR count). The van der Waals surface area contributed by atoms with Gasteiger partial charge in [-0.1, -0.05) is 12.1 Å². The summed E-state index contributed by atoms with van der Waals surface area (Å²) in [6.45, 7) is 0.650. The van der Waals surface area contributed by atoms with Gasteiger partial charge in [-0.05, 0) is 35.4 Å². The molecule has 7 nitrogen and oxygen atoms in total. The molecule has 4 atom stereocenters. The van der Waals surface area contributed by atoms with Gasteiger partial charge in [0.15, 0.2) is 23.0 Å². The van der Waals surface area contributed by atoms with Gasteiger partial charge in [-0.15, -0.1) is 0 Å². The Bertz CT molecular complexity index is 852. The van der Waals surface area contributed by atoms with Crippen LogP contribution < -0.4 is 18.9 Å². The number of aliphatic hydroxyl groups is 2. The zero-order chi connectivity index (χ0) is 18.4. The summed E-state index contributed by atoms with van der Waals surface area (Å²) in [6, 6.07) is 11.0. The molecule has 0 saturated carbocycles. The second-order valence-electron chi connectivity index (χ2n) is 6.93. The third kappa shape index (κ3) is 2.79. The van der Waals surface area contributed by atoms with Gasteiger partial charge in [0.2, 0.25) is 13.6 Å². The zero-order valence-corrected chi connectivity index (χ0v) is 14.5. The maximum atomic E-state index is 10.9. The first-order valence-electron chi connectivity index (χ1n) is 8.94. The number of aliphatic hydroxyl groups excluding tert-OH is 2.